The average Bonchev–Trinajstić information content (AvgIpc) is 2.45. The first-order valence-corrected chi connectivity index (χ1v) is 7.86. The van der Waals surface area contributed by atoms with E-state index in [1.54, 1.807) is 24.0 Å². The Morgan fingerprint density at radius 2 is 2.05 bits per heavy atom. The van der Waals surface area contributed by atoms with Crippen molar-refractivity contribution in [2.24, 2.45) is 0 Å². The molecule has 1 saturated heterocycles. The number of carboxylic acid groups (broad SMARTS) is 1. The minimum absolute atomic E-state index is 0.0867. The van der Waals surface area contributed by atoms with E-state index < -0.39 is 12.1 Å². The number of amides is 1. The van der Waals surface area contributed by atoms with E-state index in [4.69, 9.17) is 21.4 Å². The molecule has 1 fully saturated rings. The first-order valence-electron chi connectivity index (χ1n) is 6.50. The molecule has 5 nitrogen and oxygen atoms in total. The second-order valence-corrected chi connectivity index (χ2v) is 6.30. The third kappa shape index (κ3) is 4.62. The number of benzene rings is 1. The van der Waals surface area contributed by atoms with Crippen LogP contribution in [0, 0.1) is 0 Å². The summed E-state index contributed by atoms with van der Waals surface area (Å²) in [7, 11) is 0. The van der Waals surface area contributed by atoms with Crippen LogP contribution in [0.15, 0.2) is 29.2 Å². The van der Waals surface area contributed by atoms with Gasteiger partial charge in [-0.1, -0.05) is 11.6 Å². The van der Waals surface area contributed by atoms with Gasteiger partial charge in [0.2, 0.25) is 5.91 Å². The van der Waals surface area contributed by atoms with Gasteiger partial charge in [-0.2, -0.15) is 0 Å². The monoisotopic (exact) mass is 329 g/mol. The van der Waals surface area contributed by atoms with Crippen molar-refractivity contribution in [3.05, 3.63) is 29.3 Å². The largest absolute Gasteiger partial charge is 0.479 e. The van der Waals surface area contributed by atoms with Gasteiger partial charge in [-0.15, -0.1) is 11.8 Å². The Morgan fingerprint density at radius 1 is 1.38 bits per heavy atom. The molecule has 1 N–H and O–H groups in total. The van der Waals surface area contributed by atoms with Crippen molar-refractivity contribution in [3.8, 4) is 0 Å². The molecule has 0 aromatic heterocycles. The predicted molar refractivity (Wildman–Crippen MR) is 80.7 cm³/mol. The number of ether oxygens (including phenoxy) is 1. The molecule has 1 aromatic rings. The second kappa shape index (κ2) is 7.15. The highest BCUT2D eigenvalue weighted by molar-refractivity contribution is 8.00. The van der Waals surface area contributed by atoms with Crippen LogP contribution in [-0.2, 0) is 14.3 Å². The van der Waals surface area contributed by atoms with Gasteiger partial charge in [-0.25, -0.2) is 4.79 Å². The Labute approximate surface area is 132 Å². The predicted octanol–water partition coefficient (Wildman–Crippen LogP) is 2.13. The Hall–Kier alpha value is -1.24. The molecule has 114 valence electrons. The number of carbonyl (C=O) groups is 2. The van der Waals surface area contributed by atoms with Crippen LogP contribution in [0.5, 0.6) is 0 Å². The molecule has 1 aliphatic heterocycles. The third-order valence-corrected chi connectivity index (χ3v) is 4.31. The van der Waals surface area contributed by atoms with E-state index in [0.717, 1.165) is 4.90 Å². The van der Waals surface area contributed by atoms with Gasteiger partial charge in [0.15, 0.2) is 6.10 Å². The minimum Gasteiger partial charge on any atom is -0.479 e. The zero-order valence-electron chi connectivity index (χ0n) is 11.5. The normalized spacial score (nSPS) is 22.1. The van der Waals surface area contributed by atoms with Gasteiger partial charge in [-0.3, -0.25) is 4.79 Å². The van der Waals surface area contributed by atoms with Crippen LogP contribution in [0.3, 0.4) is 0 Å². The molecule has 1 amide bonds. The lowest BCUT2D eigenvalue weighted by Gasteiger charge is -2.34. The summed E-state index contributed by atoms with van der Waals surface area (Å²) in [6.45, 7) is 2.28. The first-order chi connectivity index (χ1) is 9.95. The summed E-state index contributed by atoms with van der Waals surface area (Å²) >= 11 is 7.21. The molecule has 0 radical (unpaired) electrons. The Bertz CT molecular complexity index is 522. The first kappa shape index (κ1) is 16.1. The van der Waals surface area contributed by atoms with Crippen molar-refractivity contribution in [2.45, 2.75) is 24.0 Å². The number of rotatable bonds is 4. The van der Waals surface area contributed by atoms with Crippen LogP contribution in [0.1, 0.15) is 6.92 Å². The van der Waals surface area contributed by atoms with Gasteiger partial charge in [-0.05, 0) is 31.2 Å². The highest BCUT2D eigenvalue weighted by Gasteiger charge is 2.32. The summed E-state index contributed by atoms with van der Waals surface area (Å²) in [6, 6.07) is 7.24. The van der Waals surface area contributed by atoms with Crippen molar-refractivity contribution < 1.29 is 19.4 Å². The molecule has 0 saturated carbocycles. The second-order valence-electron chi connectivity index (χ2n) is 4.81. The van der Waals surface area contributed by atoms with Crippen LogP contribution in [0.2, 0.25) is 5.02 Å². The SMILES string of the molecule is C[C@@H]1CN(C(=O)CSc2ccc(Cl)cc2)CC(C(=O)O)O1. The lowest BCUT2D eigenvalue weighted by molar-refractivity contribution is -0.165. The zero-order valence-corrected chi connectivity index (χ0v) is 13.1. The Balaban J connectivity index is 1.90. The van der Waals surface area contributed by atoms with Crippen LogP contribution in [0.4, 0.5) is 0 Å². The Morgan fingerprint density at radius 3 is 2.67 bits per heavy atom. The summed E-state index contributed by atoms with van der Waals surface area (Å²) in [5.41, 5.74) is 0. The van der Waals surface area contributed by atoms with E-state index in [0.29, 0.717) is 11.6 Å². The number of morpholine rings is 1. The summed E-state index contributed by atoms with van der Waals surface area (Å²) < 4.78 is 5.29. The summed E-state index contributed by atoms with van der Waals surface area (Å²) in [5, 5.41) is 9.66. The Kier molecular flexibility index (Phi) is 5.50. The number of aliphatic carboxylic acids is 1. The van der Waals surface area contributed by atoms with Crippen molar-refractivity contribution in [3.63, 3.8) is 0 Å². The molecule has 0 spiro atoms. The maximum absolute atomic E-state index is 12.2. The molecular weight excluding hydrogens is 314 g/mol. The molecule has 7 heteroatoms. The van der Waals surface area contributed by atoms with Crippen LogP contribution >= 0.6 is 23.4 Å². The van der Waals surface area contributed by atoms with Crippen molar-refractivity contribution >= 4 is 35.2 Å². The number of halogens is 1. The van der Waals surface area contributed by atoms with Crippen LogP contribution in [-0.4, -0.2) is 52.9 Å². The van der Waals surface area contributed by atoms with Crippen LogP contribution in [0.25, 0.3) is 0 Å². The fourth-order valence-electron chi connectivity index (χ4n) is 2.06. The molecule has 1 aliphatic rings. The number of hydrogen-bond acceptors (Lipinski definition) is 4. The van der Waals surface area contributed by atoms with Gasteiger partial charge >= 0.3 is 5.97 Å². The highest BCUT2D eigenvalue weighted by atomic mass is 35.5. The van der Waals surface area contributed by atoms with Crippen molar-refractivity contribution in [1.29, 1.82) is 0 Å². The fourth-order valence-corrected chi connectivity index (χ4v) is 2.99. The molecule has 2 atom stereocenters. The van der Waals surface area contributed by atoms with Gasteiger partial charge in [0, 0.05) is 16.5 Å². The number of nitrogens with zero attached hydrogens (tertiary/aromatic N) is 1. The lowest BCUT2D eigenvalue weighted by Crippen LogP contribution is -2.52. The topological polar surface area (TPSA) is 66.8 Å². The van der Waals surface area contributed by atoms with E-state index in [9.17, 15) is 9.59 Å². The fraction of sp³-hybridized carbons (Fsp3) is 0.429. The molecule has 0 bridgehead atoms. The summed E-state index contributed by atoms with van der Waals surface area (Å²) in [6.07, 6.45) is -1.22. The van der Waals surface area contributed by atoms with E-state index in [2.05, 4.69) is 0 Å². The van der Waals surface area contributed by atoms with Crippen LogP contribution < -0.4 is 0 Å². The third-order valence-electron chi connectivity index (χ3n) is 3.06. The van der Waals surface area contributed by atoms with E-state index in [1.807, 2.05) is 12.1 Å². The average molecular weight is 330 g/mol. The quantitative estimate of drug-likeness (QED) is 0.857. The van der Waals surface area contributed by atoms with Crippen molar-refractivity contribution in [1.82, 2.24) is 4.90 Å². The van der Waals surface area contributed by atoms with E-state index >= 15 is 0 Å². The lowest BCUT2D eigenvalue weighted by atomic mass is 10.2. The van der Waals surface area contributed by atoms with Gasteiger partial charge in [0.25, 0.3) is 0 Å². The highest BCUT2D eigenvalue weighted by Crippen LogP contribution is 2.21. The number of thioether (sulfide) groups is 1. The number of carbonyl (C=O) groups excluding carboxylic acids is 1. The standard InChI is InChI=1S/C14H16ClNO4S/c1-9-6-16(7-12(20-9)14(18)19)13(17)8-21-11-4-2-10(15)3-5-11/h2-5,9,12H,6-8H2,1H3,(H,18,19)/t9-,12?/m1/s1. The summed E-state index contributed by atoms with van der Waals surface area (Å²) in [5.74, 6) is -0.859. The van der Waals surface area contributed by atoms with Crippen molar-refractivity contribution in [2.75, 3.05) is 18.8 Å². The molecule has 21 heavy (non-hydrogen) atoms. The van der Waals surface area contributed by atoms with E-state index in [1.165, 1.54) is 11.8 Å². The molecule has 1 unspecified atom stereocenters. The molecule has 1 heterocycles. The zero-order chi connectivity index (χ0) is 15.4. The van der Waals surface area contributed by atoms with E-state index in [-0.39, 0.29) is 24.3 Å². The number of hydrogen-bond donors (Lipinski definition) is 1. The maximum atomic E-state index is 12.2. The molecule has 1 aromatic carbocycles. The molecule has 2 rings (SSSR count). The smallest absolute Gasteiger partial charge is 0.334 e. The number of carboxylic acids is 1. The minimum atomic E-state index is -1.04. The molecule has 0 aliphatic carbocycles. The molecular formula is C14H16ClNO4S. The van der Waals surface area contributed by atoms with Gasteiger partial charge < -0.3 is 14.7 Å². The van der Waals surface area contributed by atoms with Gasteiger partial charge in [0.05, 0.1) is 18.4 Å². The van der Waals surface area contributed by atoms with Gasteiger partial charge in [0.1, 0.15) is 0 Å². The maximum Gasteiger partial charge on any atom is 0.334 e. The summed E-state index contributed by atoms with van der Waals surface area (Å²) in [4.78, 5) is 25.7.